The molecule has 1 aromatic carbocycles. The number of halogens is 2. The molecule has 4 saturated carbocycles. The molecule has 0 aliphatic heterocycles. The van der Waals surface area contributed by atoms with Crippen LogP contribution in [0.25, 0.3) is 0 Å². The maximum Gasteiger partial charge on any atom is 0.258 e. The Kier molecular flexibility index (Phi) is 4.66. The molecule has 0 unspecified atom stereocenters. The molecule has 1 N–H and O–H groups in total. The molecule has 1 amide bonds. The summed E-state index contributed by atoms with van der Waals surface area (Å²) in [6.07, 6.45) is 8.09. The molecule has 136 valence electrons. The lowest BCUT2D eigenvalue weighted by Crippen LogP contribution is -2.56. The van der Waals surface area contributed by atoms with Crippen LogP contribution >= 0.6 is 23.2 Å². The number of amides is 1. The quantitative estimate of drug-likeness (QED) is 0.770. The van der Waals surface area contributed by atoms with Gasteiger partial charge in [0.1, 0.15) is 5.75 Å². The van der Waals surface area contributed by atoms with Gasteiger partial charge in [0.15, 0.2) is 6.61 Å². The molecule has 4 aliphatic rings. The van der Waals surface area contributed by atoms with Crippen molar-refractivity contribution in [3.63, 3.8) is 0 Å². The minimum absolute atomic E-state index is 0.00657. The topological polar surface area (TPSA) is 38.3 Å². The molecule has 0 spiro atoms. The van der Waals surface area contributed by atoms with Gasteiger partial charge in [-0.1, -0.05) is 23.2 Å². The third-order valence-corrected chi connectivity index (χ3v) is 7.02. The lowest BCUT2D eigenvalue weighted by Gasteiger charge is -2.59. The first-order valence-electron chi connectivity index (χ1n) is 9.30. The van der Waals surface area contributed by atoms with Crippen molar-refractivity contribution in [3.05, 3.63) is 28.2 Å². The third-order valence-electron chi connectivity index (χ3n) is 6.59. The van der Waals surface area contributed by atoms with Gasteiger partial charge in [-0.25, -0.2) is 0 Å². The first kappa shape index (κ1) is 17.5. The number of benzene rings is 1. The number of hydrogen-bond donors (Lipinski definition) is 1. The highest BCUT2D eigenvalue weighted by Crippen LogP contribution is 2.61. The third kappa shape index (κ3) is 3.64. The Labute approximate surface area is 159 Å². The van der Waals surface area contributed by atoms with Gasteiger partial charge in [0.05, 0.1) is 0 Å². The molecule has 5 heteroatoms. The zero-order valence-corrected chi connectivity index (χ0v) is 16.1. The number of carbonyl (C=O) groups excluding carboxylic acids is 1. The monoisotopic (exact) mass is 381 g/mol. The first-order valence-corrected chi connectivity index (χ1v) is 10.1. The van der Waals surface area contributed by atoms with Gasteiger partial charge in [0.2, 0.25) is 0 Å². The Balaban J connectivity index is 1.34. The highest BCUT2D eigenvalue weighted by atomic mass is 35.5. The van der Waals surface area contributed by atoms with Crippen molar-refractivity contribution in [2.45, 2.75) is 51.5 Å². The van der Waals surface area contributed by atoms with Gasteiger partial charge in [-0.15, -0.1) is 0 Å². The number of nitrogens with one attached hydrogen (secondary N) is 1. The largest absolute Gasteiger partial charge is 0.484 e. The Bertz CT molecular complexity index is 620. The van der Waals surface area contributed by atoms with Crippen molar-refractivity contribution in [1.29, 1.82) is 0 Å². The molecule has 0 heterocycles. The highest BCUT2D eigenvalue weighted by Gasteiger charge is 2.53. The van der Waals surface area contributed by atoms with Gasteiger partial charge < -0.3 is 10.1 Å². The Hall–Kier alpha value is -0.930. The van der Waals surface area contributed by atoms with E-state index in [1.807, 2.05) is 0 Å². The van der Waals surface area contributed by atoms with Gasteiger partial charge in [0, 0.05) is 16.1 Å². The fraction of sp³-hybridized carbons (Fsp3) is 0.650. The zero-order chi connectivity index (χ0) is 17.6. The van der Waals surface area contributed by atoms with Gasteiger partial charge >= 0.3 is 0 Å². The summed E-state index contributed by atoms with van der Waals surface area (Å²) in [5.41, 5.74) is 0.309. The molecule has 4 bridgehead atoms. The summed E-state index contributed by atoms with van der Waals surface area (Å²) in [5.74, 6) is 3.11. The standard InChI is InChI=1S/C20H25Cl2NO2/c1-12(20-8-13-2-14(9-20)4-15(3-13)10-20)23-19(24)11-25-18-6-16(21)5-17(22)7-18/h5-7,12-15H,2-4,8-11H2,1H3,(H,23,24)/t12-,13?,14?,15?,20?/m1/s1. The smallest absolute Gasteiger partial charge is 0.258 e. The second-order valence-corrected chi connectivity index (χ2v) is 9.34. The maximum atomic E-state index is 12.4. The van der Waals surface area contributed by atoms with E-state index in [4.69, 9.17) is 27.9 Å². The molecule has 25 heavy (non-hydrogen) atoms. The summed E-state index contributed by atoms with van der Waals surface area (Å²) < 4.78 is 5.57. The fourth-order valence-corrected chi connectivity index (χ4v) is 6.41. The molecule has 3 nitrogen and oxygen atoms in total. The average molecular weight is 382 g/mol. The van der Waals surface area contributed by atoms with Crippen LogP contribution in [0.5, 0.6) is 5.75 Å². The molecule has 1 aromatic rings. The predicted molar refractivity (Wildman–Crippen MR) is 100 cm³/mol. The first-order chi connectivity index (χ1) is 11.9. The summed E-state index contributed by atoms with van der Waals surface area (Å²) in [7, 11) is 0. The lowest BCUT2D eigenvalue weighted by molar-refractivity contribution is -0.127. The molecular weight excluding hydrogens is 357 g/mol. The van der Waals surface area contributed by atoms with Crippen LogP contribution in [0.4, 0.5) is 0 Å². The van der Waals surface area contributed by atoms with Crippen LogP contribution in [0.1, 0.15) is 45.4 Å². The van der Waals surface area contributed by atoms with E-state index < -0.39 is 0 Å². The summed E-state index contributed by atoms with van der Waals surface area (Å²) in [4.78, 5) is 12.4. The molecule has 0 saturated heterocycles. The molecular formula is C20H25Cl2NO2. The second-order valence-electron chi connectivity index (χ2n) is 8.46. The van der Waals surface area contributed by atoms with Crippen LogP contribution in [-0.2, 0) is 4.79 Å². The predicted octanol–water partition coefficient (Wildman–Crippen LogP) is 5.09. The van der Waals surface area contributed by atoms with Crippen LogP contribution in [0.3, 0.4) is 0 Å². The van der Waals surface area contributed by atoms with Crippen LogP contribution in [0.2, 0.25) is 10.0 Å². The van der Waals surface area contributed by atoms with E-state index >= 15 is 0 Å². The van der Waals surface area contributed by atoms with E-state index in [2.05, 4.69) is 12.2 Å². The van der Waals surface area contributed by atoms with Crippen molar-refractivity contribution in [1.82, 2.24) is 5.32 Å². The molecule has 1 atom stereocenters. The Morgan fingerprint density at radius 1 is 1.12 bits per heavy atom. The Morgan fingerprint density at radius 3 is 2.16 bits per heavy atom. The molecule has 4 fully saturated rings. The second kappa shape index (κ2) is 6.66. The van der Waals surface area contributed by atoms with E-state index in [0.29, 0.717) is 21.2 Å². The number of rotatable bonds is 5. The Morgan fingerprint density at radius 2 is 1.64 bits per heavy atom. The van der Waals surface area contributed by atoms with Crippen molar-refractivity contribution in [3.8, 4) is 5.75 Å². The van der Waals surface area contributed by atoms with E-state index in [0.717, 1.165) is 17.8 Å². The summed E-state index contributed by atoms with van der Waals surface area (Å²) >= 11 is 11.9. The summed E-state index contributed by atoms with van der Waals surface area (Å²) in [5, 5.41) is 4.22. The van der Waals surface area contributed by atoms with Gasteiger partial charge in [0.25, 0.3) is 5.91 Å². The number of ether oxygens (including phenoxy) is 1. The molecule has 4 aliphatic carbocycles. The van der Waals surface area contributed by atoms with Crippen LogP contribution in [-0.4, -0.2) is 18.6 Å². The van der Waals surface area contributed by atoms with Gasteiger partial charge in [-0.05, 0) is 86.8 Å². The number of hydrogen-bond acceptors (Lipinski definition) is 2. The fourth-order valence-electron chi connectivity index (χ4n) is 5.90. The van der Waals surface area contributed by atoms with Gasteiger partial charge in [-0.3, -0.25) is 4.79 Å². The summed E-state index contributed by atoms with van der Waals surface area (Å²) in [6, 6.07) is 5.19. The highest BCUT2D eigenvalue weighted by molar-refractivity contribution is 6.34. The van der Waals surface area contributed by atoms with Crippen molar-refractivity contribution in [2.24, 2.45) is 23.2 Å². The lowest BCUT2D eigenvalue weighted by atomic mass is 9.48. The van der Waals surface area contributed by atoms with Crippen molar-refractivity contribution in [2.75, 3.05) is 6.61 Å². The van der Waals surface area contributed by atoms with E-state index in [9.17, 15) is 4.79 Å². The van der Waals surface area contributed by atoms with Crippen molar-refractivity contribution >= 4 is 29.1 Å². The van der Waals surface area contributed by atoms with Crippen LogP contribution in [0.15, 0.2) is 18.2 Å². The van der Waals surface area contributed by atoms with Gasteiger partial charge in [-0.2, -0.15) is 0 Å². The SMILES string of the molecule is C[C@@H](NC(=O)COc1cc(Cl)cc(Cl)c1)C12CC3CC(CC(C3)C1)C2. The van der Waals surface area contributed by atoms with Crippen molar-refractivity contribution < 1.29 is 9.53 Å². The van der Waals surface area contributed by atoms with Crippen LogP contribution < -0.4 is 10.1 Å². The average Bonchev–Trinajstić information content (AvgIpc) is 2.50. The number of carbonyl (C=O) groups is 1. The van der Waals surface area contributed by atoms with E-state index in [1.165, 1.54) is 38.5 Å². The zero-order valence-electron chi connectivity index (χ0n) is 14.6. The van der Waals surface area contributed by atoms with Crippen LogP contribution in [0, 0.1) is 23.2 Å². The molecule has 0 radical (unpaired) electrons. The van der Waals surface area contributed by atoms with E-state index in [1.54, 1.807) is 18.2 Å². The maximum absolute atomic E-state index is 12.4. The minimum atomic E-state index is -0.0701. The molecule has 0 aromatic heterocycles. The minimum Gasteiger partial charge on any atom is -0.484 e. The summed E-state index contributed by atoms with van der Waals surface area (Å²) in [6.45, 7) is 2.18. The van der Waals surface area contributed by atoms with E-state index in [-0.39, 0.29) is 18.6 Å². The normalized spacial score (nSPS) is 34.0. The molecule has 5 rings (SSSR count).